The molecule has 0 aromatic heterocycles. The molecule has 1 aliphatic rings. The average molecular weight is 448 g/mol. The first-order valence-corrected chi connectivity index (χ1v) is 11.3. The van der Waals surface area contributed by atoms with Gasteiger partial charge in [0.05, 0.1) is 21.3 Å². The van der Waals surface area contributed by atoms with Crippen molar-refractivity contribution in [2.45, 2.75) is 19.5 Å². The normalized spacial score (nSPS) is 15.4. The Morgan fingerprint density at radius 2 is 0.970 bits per heavy atom. The second-order valence-electron chi connectivity index (χ2n) is 8.48. The summed E-state index contributed by atoms with van der Waals surface area (Å²) in [6.07, 6.45) is 1.02. The molecule has 1 fully saturated rings. The van der Waals surface area contributed by atoms with Crippen LogP contribution in [0.2, 0.25) is 0 Å². The molecule has 0 amide bonds. The molecule has 3 aromatic rings. The van der Waals surface area contributed by atoms with Gasteiger partial charge in [-0.25, -0.2) is 10.0 Å². The zero-order chi connectivity index (χ0) is 23.0. The van der Waals surface area contributed by atoms with Crippen LogP contribution in [0.5, 0.6) is 17.2 Å². The minimum Gasteiger partial charge on any atom is -0.497 e. The largest absolute Gasteiger partial charge is 0.497 e. The van der Waals surface area contributed by atoms with Crippen LogP contribution in [0.4, 0.5) is 0 Å². The molecule has 0 atom stereocenters. The lowest BCUT2D eigenvalue weighted by Gasteiger charge is -2.41. The number of rotatable bonds is 9. The van der Waals surface area contributed by atoms with E-state index in [0.717, 1.165) is 49.8 Å². The fourth-order valence-electron chi connectivity index (χ4n) is 4.29. The van der Waals surface area contributed by atoms with Gasteiger partial charge >= 0.3 is 0 Å². The van der Waals surface area contributed by atoms with E-state index < -0.39 is 0 Å². The zero-order valence-corrected chi connectivity index (χ0v) is 19.7. The Bertz CT molecular complexity index is 853. The first-order valence-electron chi connectivity index (χ1n) is 11.3. The Kier molecular flexibility index (Phi) is 7.83. The summed E-state index contributed by atoms with van der Waals surface area (Å²) in [5, 5.41) is 4.62. The van der Waals surface area contributed by atoms with Gasteiger partial charge in [-0.05, 0) is 65.4 Å². The van der Waals surface area contributed by atoms with Crippen molar-refractivity contribution in [1.82, 2.24) is 15.6 Å². The molecular formula is C27H33N3O3. The highest BCUT2D eigenvalue weighted by Gasteiger charge is 2.25. The Morgan fingerprint density at radius 3 is 1.33 bits per heavy atom. The maximum absolute atomic E-state index is 5.31. The molecule has 1 saturated heterocycles. The quantitative estimate of drug-likeness (QED) is 0.528. The van der Waals surface area contributed by atoms with E-state index in [1.54, 1.807) is 21.3 Å². The number of hydrazine groups is 2. The van der Waals surface area contributed by atoms with E-state index in [1.807, 2.05) is 36.4 Å². The van der Waals surface area contributed by atoms with Gasteiger partial charge in [0.15, 0.2) is 0 Å². The molecular weight excluding hydrogens is 414 g/mol. The van der Waals surface area contributed by atoms with Gasteiger partial charge in [0.1, 0.15) is 17.2 Å². The number of ether oxygens (including phenoxy) is 3. The van der Waals surface area contributed by atoms with E-state index in [4.69, 9.17) is 14.2 Å². The predicted octanol–water partition coefficient (Wildman–Crippen LogP) is 4.31. The Hall–Kier alpha value is -3.06. The van der Waals surface area contributed by atoms with Crippen LogP contribution in [0.1, 0.15) is 16.7 Å². The molecule has 0 unspecified atom stereocenters. The van der Waals surface area contributed by atoms with Crippen molar-refractivity contribution in [2.24, 2.45) is 5.92 Å². The Balaban J connectivity index is 1.46. The van der Waals surface area contributed by atoms with Gasteiger partial charge in [0, 0.05) is 26.2 Å². The molecule has 0 aliphatic carbocycles. The second-order valence-corrected chi connectivity index (χ2v) is 8.48. The van der Waals surface area contributed by atoms with Crippen LogP contribution in [-0.2, 0) is 19.5 Å². The van der Waals surface area contributed by atoms with E-state index in [-0.39, 0.29) is 0 Å². The summed E-state index contributed by atoms with van der Waals surface area (Å²) in [5.41, 5.74) is 7.45. The maximum Gasteiger partial charge on any atom is 0.118 e. The van der Waals surface area contributed by atoms with Gasteiger partial charge < -0.3 is 14.2 Å². The van der Waals surface area contributed by atoms with Crippen LogP contribution in [0, 0.1) is 5.92 Å². The highest BCUT2D eigenvalue weighted by molar-refractivity contribution is 5.29. The molecule has 1 aliphatic heterocycles. The van der Waals surface area contributed by atoms with Crippen LogP contribution >= 0.6 is 0 Å². The van der Waals surface area contributed by atoms with E-state index in [0.29, 0.717) is 5.92 Å². The van der Waals surface area contributed by atoms with Crippen molar-refractivity contribution < 1.29 is 14.2 Å². The fraction of sp³-hybridized carbons (Fsp3) is 0.333. The summed E-state index contributed by atoms with van der Waals surface area (Å²) >= 11 is 0. The molecule has 6 nitrogen and oxygen atoms in total. The fourth-order valence-corrected chi connectivity index (χ4v) is 4.29. The number of nitrogens with zero attached hydrogens (tertiary/aromatic N) is 2. The third-order valence-corrected chi connectivity index (χ3v) is 5.99. The molecule has 33 heavy (non-hydrogen) atoms. The second kappa shape index (κ2) is 11.2. The first-order chi connectivity index (χ1) is 16.1. The summed E-state index contributed by atoms with van der Waals surface area (Å²) in [6.45, 7) is 3.58. The van der Waals surface area contributed by atoms with Gasteiger partial charge in [-0.3, -0.25) is 0 Å². The molecule has 3 aromatic carbocycles. The number of benzene rings is 3. The summed E-state index contributed by atoms with van der Waals surface area (Å²) in [6, 6.07) is 25.0. The number of hydrogen-bond acceptors (Lipinski definition) is 6. The summed E-state index contributed by atoms with van der Waals surface area (Å²) < 4.78 is 15.9. The molecule has 0 spiro atoms. The van der Waals surface area contributed by atoms with Crippen LogP contribution in [0.3, 0.4) is 0 Å². The van der Waals surface area contributed by atoms with Gasteiger partial charge in [-0.15, -0.1) is 0 Å². The molecule has 6 heteroatoms. The lowest BCUT2D eigenvalue weighted by atomic mass is 9.97. The molecule has 1 N–H and O–H groups in total. The molecule has 0 saturated carbocycles. The SMILES string of the molecule is COc1ccc(CC2CN(Cc3ccc(OC)cc3)NN(Cc3ccc(OC)cc3)C2)cc1. The van der Waals surface area contributed by atoms with Crippen molar-refractivity contribution in [2.75, 3.05) is 34.4 Å². The number of methoxy groups -OCH3 is 3. The molecule has 174 valence electrons. The third-order valence-electron chi connectivity index (χ3n) is 5.99. The number of nitrogens with one attached hydrogen (secondary N) is 1. The highest BCUT2D eigenvalue weighted by Crippen LogP contribution is 2.21. The molecule has 4 rings (SSSR count). The Morgan fingerprint density at radius 1 is 0.606 bits per heavy atom. The van der Waals surface area contributed by atoms with Crippen LogP contribution in [-0.4, -0.2) is 44.4 Å². The maximum atomic E-state index is 5.31. The van der Waals surface area contributed by atoms with Gasteiger partial charge in [-0.2, -0.15) is 5.53 Å². The van der Waals surface area contributed by atoms with Crippen LogP contribution in [0.25, 0.3) is 0 Å². The Labute approximate surface area is 196 Å². The van der Waals surface area contributed by atoms with E-state index >= 15 is 0 Å². The van der Waals surface area contributed by atoms with E-state index in [9.17, 15) is 0 Å². The van der Waals surface area contributed by atoms with Crippen molar-refractivity contribution in [3.05, 3.63) is 89.5 Å². The first kappa shape index (κ1) is 23.1. The molecule has 0 bridgehead atoms. The smallest absolute Gasteiger partial charge is 0.118 e. The number of hydrogen-bond donors (Lipinski definition) is 1. The predicted molar refractivity (Wildman–Crippen MR) is 130 cm³/mol. The van der Waals surface area contributed by atoms with E-state index in [2.05, 4.69) is 52.0 Å². The van der Waals surface area contributed by atoms with Crippen LogP contribution < -0.4 is 19.7 Å². The summed E-state index contributed by atoms with van der Waals surface area (Å²) in [4.78, 5) is 0. The zero-order valence-electron chi connectivity index (χ0n) is 19.7. The van der Waals surface area contributed by atoms with Gasteiger partial charge in [-0.1, -0.05) is 36.4 Å². The third kappa shape index (κ3) is 6.48. The van der Waals surface area contributed by atoms with Gasteiger partial charge in [0.2, 0.25) is 0 Å². The van der Waals surface area contributed by atoms with E-state index in [1.165, 1.54) is 16.7 Å². The van der Waals surface area contributed by atoms with Crippen LogP contribution in [0.15, 0.2) is 72.8 Å². The van der Waals surface area contributed by atoms with Crippen molar-refractivity contribution in [3.63, 3.8) is 0 Å². The molecule has 0 radical (unpaired) electrons. The summed E-state index contributed by atoms with van der Waals surface area (Å²) in [7, 11) is 5.10. The van der Waals surface area contributed by atoms with Crippen molar-refractivity contribution in [3.8, 4) is 17.2 Å². The van der Waals surface area contributed by atoms with Crippen molar-refractivity contribution in [1.29, 1.82) is 0 Å². The monoisotopic (exact) mass is 447 g/mol. The average Bonchev–Trinajstić information content (AvgIpc) is 2.85. The lowest BCUT2D eigenvalue weighted by Crippen LogP contribution is -2.58. The minimum atomic E-state index is 0.496. The highest BCUT2D eigenvalue weighted by atomic mass is 16.5. The summed E-state index contributed by atoms with van der Waals surface area (Å²) in [5.74, 6) is 3.15. The standard InChI is InChI=1S/C27H33N3O3/c1-31-25-10-4-21(5-11-25)16-24-19-29(17-22-6-12-26(32-2)13-7-22)28-30(20-24)18-23-8-14-27(33-3)15-9-23/h4-15,24,28H,16-20H2,1-3H3. The lowest BCUT2D eigenvalue weighted by molar-refractivity contribution is -0.0540. The topological polar surface area (TPSA) is 46.2 Å². The molecule has 1 heterocycles. The minimum absolute atomic E-state index is 0.496. The van der Waals surface area contributed by atoms with Gasteiger partial charge in [0.25, 0.3) is 0 Å². The van der Waals surface area contributed by atoms with Crippen molar-refractivity contribution >= 4 is 0 Å².